The number of carbonyl (C=O) groups is 1. The van der Waals surface area contributed by atoms with E-state index in [1.807, 2.05) is 6.92 Å². The molecule has 1 fully saturated rings. The van der Waals surface area contributed by atoms with Crippen molar-refractivity contribution in [1.82, 2.24) is 0 Å². The molecule has 1 saturated carbocycles. The van der Waals surface area contributed by atoms with Gasteiger partial charge in [0, 0.05) is 5.92 Å². The lowest BCUT2D eigenvalue weighted by atomic mass is 9.87. The van der Waals surface area contributed by atoms with Crippen LogP contribution in [0.25, 0.3) is 0 Å². The maximum atomic E-state index is 13.7. The normalized spacial score (nSPS) is 26.6. The van der Waals surface area contributed by atoms with Gasteiger partial charge in [-0.2, -0.15) is 0 Å². The third-order valence-electron chi connectivity index (χ3n) is 4.53. The molecule has 21 heavy (non-hydrogen) atoms. The zero-order chi connectivity index (χ0) is 15.6. The predicted molar refractivity (Wildman–Crippen MR) is 75.5 cm³/mol. The maximum Gasteiger partial charge on any atom is 0.306 e. The molecule has 0 radical (unpaired) electrons. The van der Waals surface area contributed by atoms with E-state index in [4.69, 9.17) is 4.74 Å². The van der Waals surface area contributed by atoms with Gasteiger partial charge in [0.2, 0.25) is 0 Å². The lowest BCUT2D eigenvalue weighted by Gasteiger charge is -2.23. The van der Waals surface area contributed by atoms with E-state index in [9.17, 15) is 19.4 Å². The van der Waals surface area contributed by atoms with Crippen LogP contribution in [0.4, 0.5) is 4.39 Å². The Kier molecular flexibility index (Phi) is 4.83. The fourth-order valence-corrected chi connectivity index (χ4v) is 3.26. The summed E-state index contributed by atoms with van der Waals surface area (Å²) in [4.78, 5) is 11.4. The Morgan fingerprint density at radius 3 is 2.71 bits per heavy atom. The first-order valence-electron chi connectivity index (χ1n) is 7.22. The number of benzene rings is 1. The van der Waals surface area contributed by atoms with Gasteiger partial charge in [0.25, 0.3) is 0 Å². The van der Waals surface area contributed by atoms with E-state index in [2.05, 4.69) is 0 Å². The van der Waals surface area contributed by atoms with Gasteiger partial charge in [-0.1, -0.05) is 19.4 Å². The first-order chi connectivity index (χ1) is 9.97. The number of aliphatic carboxylic acids is 1. The van der Waals surface area contributed by atoms with E-state index in [1.54, 1.807) is 6.07 Å². The van der Waals surface area contributed by atoms with Gasteiger partial charge in [-0.3, -0.25) is 4.79 Å². The van der Waals surface area contributed by atoms with Crippen LogP contribution in [0.2, 0.25) is 0 Å². The third-order valence-corrected chi connectivity index (χ3v) is 4.53. The summed E-state index contributed by atoms with van der Waals surface area (Å²) in [6.45, 7) is 2.02. The minimum atomic E-state index is -0.969. The second-order valence-electron chi connectivity index (χ2n) is 5.69. The van der Waals surface area contributed by atoms with Crippen LogP contribution < -0.4 is 4.74 Å². The number of aliphatic hydroxyl groups is 1. The third kappa shape index (κ3) is 3.18. The van der Waals surface area contributed by atoms with Crippen LogP contribution in [-0.4, -0.2) is 23.3 Å². The summed E-state index contributed by atoms with van der Waals surface area (Å²) >= 11 is 0. The van der Waals surface area contributed by atoms with Crippen molar-refractivity contribution in [2.75, 3.05) is 7.11 Å². The number of carboxylic acids is 1. The Morgan fingerprint density at radius 1 is 1.48 bits per heavy atom. The van der Waals surface area contributed by atoms with Crippen molar-refractivity contribution in [2.45, 2.75) is 32.3 Å². The molecule has 1 aromatic rings. The molecule has 4 atom stereocenters. The van der Waals surface area contributed by atoms with Crippen molar-refractivity contribution in [3.63, 3.8) is 0 Å². The molecule has 2 N–H and O–H groups in total. The number of aliphatic hydroxyl groups excluding tert-OH is 1. The highest BCUT2D eigenvalue weighted by molar-refractivity contribution is 5.71. The summed E-state index contributed by atoms with van der Waals surface area (Å²) in [6.07, 6.45) is 1.15. The van der Waals surface area contributed by atoms with Crippen LogP contribution in [0.15, 0.2) is 18.2 Å². The Balaban J connectivity index is 2.23. The first-order valence-corrected chi connectivity index (χ1v) is 7.22. The quantitative estimate of drug-likeness (QED) is 0.876. The summed E-state index contributed by atoms with van der Waals surface area (Å²) in [5, 5.41) is 19.8. The lowest BCUT2D eigenvalue weighted by Crippen LogP contribution is -2.24. The lowest BCUT2D eigenvalue weighted by molar-refractivity contribution is -0.144. The molecular weight excluding hydrogens is 275 g/mol. The van der Waals surface area contributed by atoms with Crippen molar-refractivity contribution in [2.24, 2.45) is 17.8 Å². The van der Waals surface area contributed by atoms with Crippen LogP contribution in [-0.2, 0) is 4.79 Å². The average molecular weight is 296 g/mol. The van der Waals surface area contributed by atoms with Crippen LogP contribution >= 0.6 is 0 Å². The summed E-state index contributed by atoms with van der Waals surface area (Å²) < 4.78 is 18.6. The molecule has 0 aromatic heterocycles. The fraction of sp³-hybridized carbons (Fsp3) is 0.562. The van der Waals surface area contributed by atoms with Crippen molar-refractivity contribution in [3.05, 3.63) is 29.6 Å². The summed E-state index contributed by atoms with van der Waals surface area (Å²) in [5.41, 5.74) is 0.404. The Labute approximate surface area is 123 Å². The molecule has 5 heteroatoms. The highest BCUT2D eigenvalue weighted by Gasteiger charge is 2.42. The van der Waals surface area contributed by atoms with E-state index in [0.29, 0.717) is 24.3 Å². The van der Waals surface area contributed by atoms with E-state index in [0.717, 1.165) is 6.42 Å². The molecule has 1 aliphatic rings. The molecule has 1 aliphatic carbocycles. The second kappa shape index (κ2) is 6.43. The van der Waals surface area contributed by atoms with Crippen LogP contribution in [0.5, 0.6) is 5.75 Å². The highest BCUT2D eigenvalue weighted by Crippen LogP contribution is 2.45. The van der Waals surface area contributed by atoms with Gasteiger partial charge in [-0.15, -0.1) is 0 Å². The number of hydrogen-bond acceptors (Lipinski definition) is 3. The predicted octanol–water partition coefficient (Wildman–Crippen LogP) is 3.00. The fourth-order valence-electron chi connectivity index (χ4n) is 3.26. The van der Waals surface area contributed by atoms with E-state index in [1.165, 1.54) is 19.2 Å². The van der Waals surface area contributed by atoms with E-state index < -0.39 is 23.8 Å². The van der Waals surface area contributed by atoms with Crippen LogP contribution in [0, 0.1) is 23.6 Å². The summed E-state index contributed by atoms with van der Waals surface area (Å²) in [5.74, 6) is -1.97. The largest absolute Gasteiger partial charge is 0.494 e. The minimum absolute atomic E-state index is 0.110. The summed E-state index contributed by atoms with van der Waals surface area (Å²) in [7, 11) is 1.37. The Bertz CT molecular complexity index is 517. The highest BCUT2D eigenvalue weighted by atomic mass is 19.1. The zero-order valence-electron chi connectivity index (χ0n) is 12.3. The van der Waals surface area contributed by atoms with E-state index >= 15 is 0 Å². The molecule has 0 aliphatic heterocycles. The number of carboxylic acid groups (broad SMARTS) is 1. The number of ether oxygens (including phenoxy) is 1. The molecular formula is C16H21FO4. The van der Waals surface area contributed by atoms with Gasteiger partial charge in [-0.05, 0) is 36.5 Å². The van der Waals surface area contributed by atoms with Crippen LogP contribution in [0.1, 0.15) is 37.9 Å². The Morgan fingerprint density at radius 2 is 2.19 bits per heavy atom. The monoisotopic (exact) mass is 296 g/mol. The van der Waals surface area contributed by atoms with E-state index in [-0.39, 0.29) is 11.7 Å². The standard InChI is InChI=1S/C16H21FO4/c1-3-9-6-11(12(7-9)16(19)20)15(18)10-4-5-14(21-2)13(17)8-10/h4-5,8-9,11-12,15,18H,3,6-7H2,1-2H3,(H,19,20). The smallest absolute Gasteiger partial charge is 0.306 e. The number of halogens is 1. The molecule has 0 spiro atoms. The van der Waals surface area contributed by atoms with Gasteiger partial charge in [0.15, 0.2) is 11.6 Å². The van der Waals surface area contributed by atoms with Gasteiger partial charge in [0.1, 0.15) is 0 Å². The minimum Gasteiger partial charge on any atom is -0.494 e. The van der Waals surface area contributed by atoms with Gasteiger partial charge in [0.05, 0.1) is 19.1 Å². The van der Waals surface area contributed by atoms with Crippen molar-refractivity contribution >= 4 is 5.97 Å². The van der Waals surface area contributed by atoms with Crippen molar-refractivity contribution < 1.29 is 24.1 Å². The molecule has 0 heterocycles. The molecule has 4 unspecified atom stereocenters. The molecule has 0 bridgehead atoms. The van der Waals surface area contributed by atoms with Gasteiger partial charge in [-0.25, -0.2) is 4.39 Å². The Hall–Kier alpha value is -1.62. The SMILES string of the molecule is CCC1CC(C(=O)O)C(C(O)c2ccc(OC)c(F)c2)C1. The van der Waals surface area contributed by atoms with Crippen molar-refractivity contribution in [1.29, 1.82) is 0 Å². The second-order valence-corrected chi connectivity index (χ2v) is 5.69. The number of methoxy groups -OCH3 is 1. The molecule has 4 nitrogen and oxygen atoms in total. The van der Waals surface area contributed by atoms with Gasteiger partial charge < -0.3 is 14.9 Å². The number of rotatable bonds is 5. The first kappa shape index (κ1) is 15.8. The molecule has 2 rings (SSSR count). The molecule has 0 saturated heterocycles. The van der Waals surface area contributed by atoms with Crippen molar-refractivity contribution in [3.8, 4) is 5.75 Å². The molecule has 1 aromatic carbocycles. The zero-order valence-corrected chi connectivity index (χ0v) is 12.3. The summed E-state index contributed by atoms with van der Waals surface area (Å²) in [6, 6.07) is 4.27. The van der Waals surface area contributed by atoms with Gasteiger partial charge >= 0.3 is 5.97 Å². The average Bonchev–Trinajstić information content (AvgIpc) is 2.90. The topological polar surface area (TPSA) is 66.8 Å². The number of hydrogen-bond donors (Lipinski definition) is 2. The maximum absolute atomic E-state index is 13.7. The van der Waals surface area contributed by atoms with Crippen LogP contribution in [0.3, 0.4) is 0 Å². The molecule has 116 valence electrons. The molecule has 0 amide bonds.